The van der Waals surface area contributed by atoms with Crippen LogP contribution in [0.15, 0.2) is 28.4 Å². The molecule has 0 bridgehead atoms. The van der Waals surface area contributed by atoms with E-state index in [1.54, 1.807) is 18.5 Å². The van der Waals surface area contributed by atoms with Gasteiger partial charge < -0.3 is 26.2 Å². The summed E-state index contributed by atoms with van der Waals surface area (Å²) in [5.74, 6) is 1.41. The van der Waals surface area contributed by atoms with E-state index in [4.69, 9.17) is 27.8 Å². The van der Waals surface area contributed by atoms with Gasteiger partial charge in [-0.1, -0.05) is 23.4 Å². The van der Waals surface area contributed by atoms with Crippen LogP contribution in [0.4, 0.5) is 17.5 Å². The van der Waals surface area contributed by atoms with Crippen molar-refractivity contribution >= 4 is 40.8 Å². The topological polar surface area (TPSA) is 123 Å². The molecule has 2 aliphatic heterocycles. The van der Waals surface area contributed by atoms with Crippen molar-refractivity contribution in [3.05, 3.63) is 23.5 Å². The molecule has 2 aliphatic rings. The van der Waals surface area contributed by atoms with Crippen molar-refractivity contribution in [2.24, 2.45) is 5.41 Å². The first kappa shape index (κ1) is 19.5. The van der Waals surface area contributed by atoms with E-state index in [9.17, 15) is 5.11 Å². The van der Waals surface area contributed by atoms with E-state index in [0.29, 0.717) is 15.9 Å². The lowest BCUT2D eigenvalue weighted by molar-refractivity contribution is 0.0506. The molecule has 10 heteroatoms. The second-order valence-electron chi connectivity index (χ2n) is 7.34. The molecular weight excluding hydrogens is 400 g/mol. The third-order valence-electron chi connectivity index (χ3n) is 5.48. The summed E-state index contributed by atoms with van der Waals surface area (Å²) in [5.41, 5.74) is 12.1. The molecule has 150 valence electrons. The zero-order chi connectivity index (χ0) is 19.7. The molecule has 8 nitrogen and oxygen atoms in total. The lowest BCUT2D eigenvalue weighted by Crippen LogP contribution is -2.41. The van der Waals surface area contributed by atoms with Gasteiger partial charge in [0, 0.05) is 24.2 Å². The number of rotatable bonds is 4. The number of aromatic nitrogens is 3. The number of pyridine rings is 1. The Labute approximate surface area is 172 Å². The van der Waals surface area contributed by atoms with Gasteiger partial charge in [0.25, 0.3) is 0 Å². The Kier molecular flexibility index (Phi) is 5.50. The van der Waals surface area contributed by atoms with Crippen LogP contribution in [0.3, 0.4) is 0 Å². The van der Waals surface area contributed by atoms with Crippen LogP contribution in [-0.2, 0) is 4.74 Å². The average Bonchev–Trinajstić information content (AvgIpc) is 3.10. The summed E-state index contributed by atoms with van der Waals surface area (Å²) in [6, 6.07) is 1.77. The zero-order valence-corrected chi connectivity index (χ0v) is 16.9. The molecule has 4 rings (SSSR count). The Morgan fingerprint density at radius 3 is 2.75 bits per heavy atom. The maximum Gasteiger partial charge on any atom is 0.158 e. The predicted molar refractivity (Wildman–Crippen MR) is 110 cm³/mol. The van der Waals surface area contributed by atoms with E-state index >= 15 is 0 Å². The number of aliphatic hydroxyl groups excluding tert-OH is 1. The van der Waals surface area contributed by atoms with Gasteiger partial charge in [-0.3, -0.25) is 0 Å². The molecule has 0 radical (unpaired) electrons. The quantitative estimate of drug-likeness (QED) is 0.680. The highest BCUT2D eigenvalue weighted by Crippen LogP contribution is 2.43. The Morgan fingerprint density at radius 1 is 1.29 bits per heavy atom. The van der Waals surface area contributed by atoms with Crippen molar-refractivity contribution in [2.75, 3.05) is 42.7 Å². The fraction of sp³-hybridized carbons (Fsp3) is 0.500. The summed E-state index contributed by atoms with van der Waals surface area (Å²) < 4.78 is 5.70. The second-order valence-corrected chi connectivity index (χ2v) is 8.74. The van der Waals surface area contributed by atoms with Crippen molar-refractivity contribution in [1.82, 2.24) is 15.0 Å². The number of nitrogens with two attached hydrogens (primary N) is 2. The molecule has 1 atom stereocenters. The lowest BCUT2D eigenvalue weighted by Gasteiger charge is -2.39. The van der Waals surface area contributed by atoms with Gasteiger partial charge in [-0.15, -0.1) is 0 Å². The van der Waals surface area contributed by atoms with Gasteiger partial charge in [0.05, 0.1) is 30.5 Å². The minimum absolute atomic E-state index is 0.0210. The van der Waals surface area contributed by atoms with Crippen molar-refractivity contribution in [2.45, 2.75) is 35.3 Å². The Bertz CT molecular complexity index is 862. The van der Waals surface area contributed by atoms with Crippen LogP contribution in [0.5, 0.6) is 0 Å². The first-order valence-electron chi connectivity index (χ1n) is 9.17. The van der Waals surface area contributed by atoms with Gasteiger partial charge in [0.1, 0.15) is 16.7 Å². The van der Waals surface area contributed by atoms with Gasteiger partial charge in [-0.2, -0.15) is 0 Å². The molecule has 28 heavy (non-hydrogen) atoms. The molecule has 0 aliphatic carbocycles. The maximum atomic E-state index is 9.32. The standard InChI is InChI=1S/C18H23ClN6O2S/c19-14-12(1-4-22-15(14)20)28-17-16(21)24-13(8-23-17)25-5-2-18(3-6-25)7-11(9-26)27-10-18/h1,4,8,11,26H,2-3,5-7,9-10H2,(H2,20,22)(H2,21,24). The van der Waals surface area contributed by atoms with Crippen LogP contribution in [0.25, 0.3) is 0 Å². The van der Waals surface area contributed by atoms with Crippen molar-refractivity contribution in [3.8, 4) is 0 Å². The molecule has 2 saturated heterocycles. The van der Waals surface area contributed by atoms with E-state index in [-0.39, 0.29) is 23.9 Å². The van der Waals surface area contributed by atoms with Crippen LogP contribution in [0, 0.1) is 5.41 Å². The third-order valence-corrected chi connectivity index (χ3v) is 7.05. The molecule has 1 unspecified atom stereocenters. The summed E-state index contributed by atoms with van der Waals surface area (Å²) in [4.78, 5) is 15.9. The normalized spacial score (nSPS) is 21.4. The molecule has 4 heterocycles. The number of nitrogens with zero attached hydrogens (tertiary/aromatic N) is 4. The Hall–Kier alpha value is -1.81. The third kappa shape index (κ3) is 3.84. The second kappa shape index (κ2) is 7.90. The van der Waals surface area contributed by atoms with E-state index in [0.717, 1.165) is 49.7 Å². The predicted octanol–water partition coefficient (Wildman–Crippen LogP) is 2.21. The molecule has 2 fully saturated rings. The van der Waals surface area contributed by atoms with E-state index < -0.39 is 0 Å². The molecule has 2 aromatic heterocycles. The first-order chi connectivity index (χ1) is 13.5. The van der Waals surface area contributed by atoms with Crippen molar-refractivity contribution in [3.63, 3.8) is 0 Å². The van der Waals surface area contributed by atoms with Gasteiger partial charge in [-0.05, 0) is 30.7 Å². The molecule has 0 aromatic carbocycles. The summed E-state index contributed by atoms with van der Waals surface area (Å²) in [5, 5.41) is 10.3. The first-order valence-corrected chi connectivity index (χ1v) is 10.4. The number of halogens is 1. The molecule has 0 amide bonds. The fourth-order valence-corrected chi connectivity index (χ4v) is 4.82. The summed E-state index contributed by atoms with van der Waals surface area (Å²) in [6.07, 6.45) is 6.26. The number of piperidine rings is 1. The SMILES string of the molecule is Nc1nc(N2CCC3(CC2)COC(CO)C3)cnc1Sc1ccnc(N)c1Cl. The number of anilines is 3. The summed E-state index contributed by atoms with van der Waals surface area (Å²) in [7, 11) is 0. The smallest absolute Gasteiger partial charge is 0.158 e. The Balaban J connectivity index is 1.43. The maximum absolute atomic E-state index is 9.32. The van der Waals surface area contributed by atoms with Crippen LogP contribution < -0.4 is 16.4 Å². The largest absolute Gasteiger partial charge is 0.394 e. The number of ether oxygens (including phenoxy) is 1. The highest BCUT2D eigenvalue weighted by Gasteiger charge is 2.42. The van der Waals surface area contributed by atoms with E-state index in [1.165, 1.54) is 11.8 Å². The van der Waals surface area contributed by atoms with Gasteiger partial charge in [-0.25, -0.2) is 15.0 Å². The summed E-state index contributed by atoms with van der Waals surface area (Å²) >= 11 is 7.52. The van der Waals surface area contributed by atoms with E-state index in [1.807, 2.05) is 0 Å². The van der Waals surface area contributed by atoms with Crippen LogP contribution in [0.2, 0.25) is 5.02 Å². The van der Waals surface area contributed by atoms with Gasteiger partial charge in [0.15, 0.2) is 5.82 Å². The van der Waals surface area contributed by atoms with Crippen LogP contribution >= 0.6 is 23.4 Å². The number of nitrogen functional groups attached to an aromatic ring is 2. The lowest BCUT2D eigenvalue weighted by atomic mass is 9.77. The molecular formula is C18H23ClN6O2S. The fourth-order valence-electron chi connectivity index (χ4n) is 3.81. The van der Waals surface area contributed by atoms with Crippen LogP contribution in [-0.4, -0.2) is 52.5 Å². The highest BCUT2D eigenvalue weighted by molar-refractivity contribution is 7.99. The molecule has 5 N–H and O–H groups in total. The van der Waals surface area contributed by atoms with Gasteiger partial charge >= 0.3 is 0 Å². The minimum Gasteiger partial charge on any atom is -0.394 e. The molecule has 0 saturated carbocycles. The zero-order valence-electron chi connectivity index (χ0n) is 15.3. The number of aliphatic hydroxyl groups is 1. The van der Waals surface area contributed by atoms with E-state index in [2.05, 4.69) is 19.9 Å². The van der Waals surface area contributed by atoms with Crippen molar-refractivity contribution < 1.29 is 9.84 Å². The number of hydrogen-bond donors (Lipinski definition) is 3. The van der Waals surface area contributed by atoms with Gasteiger partial charge in [0.2, 0.25) is 0 Å². The highest BCUT2D eigenvalue weighted by atomic mass is 35.5. The molecule has 2 aromatic rings. The number of hydrogen-bond acceptors (Lipinski definition) is 9. The Morgan fingerprint density at radius 2 is 2.07 bits per heavy atom. The van der Waals surface area contributed by atoms with Crippen molar-refractivity contribution in [1.29, 1.82) is 0 Å². The molecule has 1 spiro atoms. The van der Waals surface area contributed by atoms with Crippen LogP contribution in [0.1, 0.15) is 19.3 Å². The average molecular weight is 423 g/mol. The summed E-state index contributed by atoms with van der Waals surface area (Å²) in [6.45, 7) is 2.56. The minimum atomic E-state index is -0.0210. The monoisotopic (exact) mass is 422 g/mol.